The summed E-state index contributed by atoms with van der Waals surface area (Å²) >= 11 is 1.44. The third-order valence-electron chi connectivity index (χ3n) is 4.41. The third kappa shape index (κ3) is 3.32. The van der Waals surface area contributed by atoms with Gasteiger partial charge in [0, 0.05) is 29.6 Å². The summed E-state index contributed by atoms with van der Waals surface area (Å²) in [5.41, 5.74) is 4.04. The third-order valence-corrected chi connectivity index (χ3v) is 5.27. The number of carbonyl (C=O) groups excluding carboxylic acids is 1. The molecular formula is C21H19N5OS. The van der Waals surface area contributed by atoms with Crippen LogP contribution in [0.15, 0.2) is 66.6 Å². The molecule has 0 atom stereocenters. The van der Waals surface area contributed by atoms with Gasteiger partial charge in [0.15, 0.2) is 5.13 Å². The van der Waals surface area contributed by atoms with E-state index in [0.29, 0.717) is 22.8 Å². The lowest BCUT2D eigenvalue weighted by Gasteiger charge is -2.18. The Hall–Kier alpha value is -3.32. The first-order chi connectivity index (χ1) is 13.7. The van der Waals surface area contributed by atoms with E-state index in [1.807, 2.05) is 54.8 Å². The van der Waals surface area contributed by atoms with E-state index in [-0.39, 0.29) is 5.91 Å². The quantitative estimate of drug-likeness (QED) is 0.458. The number of nitrogens with zero attached hydrogens (tertiary/aromatic N) is 5. The van der Waals surface area contributed by atoms with Crippen LogP contribution in [-0.2, 0) is 6.54 Å². The Labute approximate surface area is 166 Å². The normalized spacial score (nSPS) is 10.9. The molecule has 7 heteroatoms. The maximum Gasteiger partial charge on any atom is 0.260 e. The summed E-state index contributed by atoms with van der Waals surface area (Å²) < 4.78 is 1.80. The van der Waals surface area contributed by atoms with Gasteiger partial charge in [-0.05, 0) is 25.1 Å². The highest BCUT2D eigenvalue weighted by molar-refractivity contribution is 7.14. The minimum atomic E-state index is -0.137. The molecule has 0 aliphatic heterocycles. The van der Waals surface area contributed by atoms with E-state index in [0.717, 1.165) is 23.3 Å². The highest BCUT2D eigenvalue weighted by atomic mass is 32.1. The summed E-state index contributed by atoms with van der Waals surface area (Å²) in [6, 6.07) is 15.4. The predicted octanol–water partition coefficient (Wildman–Crippen LogP) is 4.41. The predicted molar refractivity (Wildman–Crippen MR) is 113 cm³/mol. The van der Waals surface area contributed by atoms with Crippen LogP contribution in [0.2, 0.25) is 0 Å². The number of amides is 1. The van der Waals surface area contributed by atoms with Crippen LogP contribution in [0.25, 0.3) is 22.3 Å². The first-order valence-electron chi connectivity index (χ1n) is 8.98. The van der Waals surface area contributed by atoms with Crippen molar-refractivity contribution in [3.8, 4) is 11.3 Å². The number of rotatable bonds is 6. The standard InChI is InChI=1S/C21H19N5OS/c1-3-12-25(21-22-18(14-28-21)15-8-6-5-7-9-15)20(27)16-10-11-19-17(13-16)23-24-26(19)4-2/h3,5-11,13-14H,1,4,12H2,2H3. The van der Waals surface area contributed by atoms with Crippen molar-refractivity contribution in [2.24, 2.45) is 0 Å². The fourth-order valence-corrected chi connectivity index (χ4v) is 3.84. The molecule has 0 N–H and O–H groups in total. The summed E-state index contributed by atoms with van der Waals surface area (Å²) in [7, 11) is 0. The number of aromatic nitrogens is 4. The summed E-state index contributed by atoms with van der Waals surface area (Å²) in [6.45, 7) is 6.90. The molecule has 6 nitrogen and oxygen atoms in total. The van der Waals surface area contributed by atoms with Gasteiger partial charge in [-0.25, -0.2) is 9.67 Å². The zero-order valence-corrected chi connectivity index (χ0v) is 16.3. The summed E-state index contributed by atoms with van der Waals surface area (Å²) in [4.78, 5) is 19.5. The Balaban J connectivity index is 1.67. The van der Waals surface area contributed by atoms with Gasteiger partial charge in [0.25, 0.3) is 5.91 Å². The van der Waals surface area contributed by atoms with Crippen LogP contribution in [0.4, 0.5) is 5.13 Å². The van der Waals surface area contributed by atoms with Gasteiger partial charge in [-0.15, -0.1) is 23.0 Å². The second kappa shape index (κ2) is 7.74. The van der Waals surface area contributed by atoms with Crippen LogP contribution in [0.3, 0.4) is 0 Å². The maximum atomic E-state index is 13.2. The molecule has 2 heterocycles. The lowest BCUT2D eigenvalue weighted by atomic mass is 10.1. The van der Waals surface area contributed by atoms with Crippen LogP contribution in [0.5, 0.6) is 0 Å². The van der Waals surface area contributed by atoms with Crippen molar-refractivity contribution in [3.63, 3.8) is 0 Å². The fourth-order valence-electron chi connectivity index (χ4n) is 3.00. The molecule has 140 valence electrons. The van der Waals surface area contributed by atoms with Crippen molar-refractivity contribution in [3.05, 3.63) is 72.1 Å². The molecule has 0 saturated heterocycles. The monoisotopic (exact) mass is 389 g/mol. The molecule has 0 saturated carbocycles. The minimum Gasteiger partial charge on any atom is -0.280 e. The molecule has 0 aliphatic rings. The highest BCUT2D eigenvalue weighted by Gasteiger charge is 2.21. The Morgan fingerprint density at radius 2 is 2.07 bits per heavy atom. The number of carbonyl (C=O) groups is 1. The Morgan fingerprint density at radius 1 is 1.25 bits per heavy atom. The van der Waals surface area contributed by atoms with Crippen LogP contribution in [-0.4, -0.2) is 32.4 Å². The number of benzene rings is 2. The minimum absolute atomic E-state index is 0.137. The van der Waals surface area contributed by atoms with Crippen molar-refractivity contribution >= 4 is 33.4 Å². The SMILES string of the molecule is C=CCN(C(=O)c1ccc2c(c1)nnn2CC)c1nc(-c2ccccc2)cs1. The van der Waals surface area contributed by atoms with Gasteiger partial charge in [0.2, 0.25) is 0 Å². The molecule has 1 amide bonds. The van der Waals surface area contributed by atoms with Crippen molar-refractivity contribution in [1.29, 1.82) is 0 Å². The van der Waals surface area contributed by atoms with E-state index in [4.69, 9.17) is 0 Å². The summed E-state index contributed by atoms with van der Waals surface area (Å²) in [5.74, 6) is -0.137. The summed E-state index contributed by atoms with van der Waals surface area (Å²) in [6.07, 6.45) is 1.70. The summed E-state index contributed by atoms with van der Waals surface area (Å²) in [5, 5.41) is 10.9. The molecule has 0 radical (unpaired) electrons. The first-order valence-corrected chi connectivity index (χ1v) is 9.86. The van der Waals surface area contributed by atoms with Gasteiger partial charge in [0.1, 0.15) is 5.52 Å². The van der Waals surface area contributed by atoms with Gasteiger partial charge in [-0.2, -0.15) is 0 Å². The van der Waals surface area contributed by atoms with Gasteiger partial charge in [0.05, 0.1) is 11.2 Å². The molecule has 4 aromatic rings. The fraction of sp³-hybridized carbons (Fsp3) is 0.143. The molecule has 0 fully saturated rings. The van der Waals surface area contributed by atoms with E-state index in [1.165, 1.54) is 11.3 Å². The number of anilines is 1. The molecule has 2 aromatic carbocycles. The van der Waals surface area contributed by atoms with Crippen molar-refractivity contribution in [2.75, 3.05) is 11.4 Å². The zero-order chi connectivity index (χ0) is 19.5. The highest BCUT2D eigenvalue weighted by Crippen LogP contribution is 2.28. The maximum absolute atomic E-state index is 13.2. The number of hydrogen-bond acceptors (Lipinski definition) is 5. The van der Waals surface area contributed by atoms with E-state index in [9.17, 15) is 4.79 Å². The molecule has 28 heavy (non-hydrogen) atoms. The molecular weight excluding hydrogens is 370 g/mol. The number of thiazole rings is 1. The van der Waals surface area contributed by atoms with Gasteiger partial charge in [-0.1, -0.05) is 41.6 Å². The smallest absolute Gasteiger partial charge is 0.260 e. The molecule has 0 aliphatic carbocycles. The van der Waals surface area contributed by atoms with Gasteiger partial charge >= 0.3 is 0 Å². The van der Waals surface area contributed by atoms with Crippen molar-refractivity contribution in [2.45, 2.75) is 13.5 Å². The van der Waals surface area contributed by atoms with Crippen LogP contribution in [0.1, 0.15) is 17.3 Å². The van der Waals surface area contributed by atoms with E-state index in [1.54, 1.807) is 21.7 Å². The molecule has 0 unspecified atom stereocenters. The van der Waals surface area contributed by atoms with E-state index >= 15 is 0 Å². The molecule has 2 aromatic heterocycles. The lowest BCUT2D eigenvalue weighted by Crippen LogP contribution is -2.31. The topological polar surface area (TPSA) is 63.9 Å². The van der Waals surface area contributed by atoms with Crippen LogP contribution >= 0.6 is 11.3 Å². The Bertz CT molecular complexity index is 1130. The van der Waals surface area contributed by atoms with Gasteiger partial charge in [-0.3, -0.25) is 9.69 Å². The number of aryl methyl sites for hydroxylation is 1. The Morgan fingerprint density at radius 3 is 2.82 bits per heavy atom. The zero-order valence-electron chi connectivity index (χ0n) is 15.4. The van der Waals surface area contributed by atoms with Crippen LogP contribution < -0.4 is 4.90 Å². The van der Waals surface area contributed by atoms with E-state index < -0.39 is 0 Å². The molecule has 0 bridgehead atoms. The Kier molecular flexibility index (Phi) is 4.99. The average Bonchev–Trinajstić information content (AvgIpc) is 3.38. The van der Waals surface area contributed by atoms with Crippen molar-refractivity contribution in [1.82, 2.24) is 20.0 Å². The first kappa shape index (κ1) is 18.1. The number of hydrogen-bond donors (Lipinski definition) is 0. The largest absolute Gasteiger partial charge is 0.280 e. The van der Waals surface area contributed by atoms with Crippen molar-refractivity contribution < 1.29 is 4.79 Å². The second-order valence-corrected chi connectivity index (χ2v) is 7.03. The van der Waals surface area contributed by atoms with Gasteiger partial charge < -0.3 is 0 Å². The lowest BCUT2D eigenvalue weighted by molar-refractivity contribution is 0.0990. The molecule has 4 rings (SSSR count). The van der Waals surface area contributed by atoms with Crippen LogP contribution in [0, 0.1) is 0 Å². The number of fused-ring (bicyclic) bond motifs is 1. The average molecular weight is 389 g/mol. The van der Waals surface area contributed by atoms with E-state index in [2.05, 4.69) is 21.9 Å². The second-order valence-electron chi connectivity index (χ2n) is 6.19. The molecule has 0 spiro atoms.